The number of nitrogens with one attached hydrogen (secondary N) is 1. The van der Waals surface area contributed by atoms with Crippen molar-refractivity contribution in [3.8, 4) is 5.75 Å². The fourth-order valence-corrected chi connectivity index (χ4v) is 3.45. The van der Waals surface area contributed by atoms with E-state index in [0.717, 1.165) is 24.6 Å². The third kappa shape index (κ3) is 4.72. The van der Waals surface area contributed by atoms with E-state index in [2.05, 4.69) is 10.2 Å². The van der Waals surface area contributed by atoms with Crippen LogP contribution in [-0.4, -0.2) is 37.6 Å². The van der Waals surface area contributed by atoms with Crippen LogP contribution in [0.3, 0.4) is 0 Å². The molecule has 1 unspecified atom stereocenters. The number of methoxy groups -OCH3 is 1. The molecule has 0 bridgehead atoms. The minimum Gasteiger partial charge on any atom is -0.495 e. The Hall–Kier alpha value is -1.69. The molecule has 1 amide bonds. The number of carbonyl (C=O) groups is 1. The zero-order valence-corrected chi connectivity index (χ0v) is 16.5. The van der Waals surface area contributed by atoms with Gasteiger partial charge in [-0.15, -0.1) is 12.4 Å². The van der Waals surface area contributed by atoms with Gasteiger partial charge < -0.3 is 14.5 Å². The highest BCUT2D eigenvalue weighted by molar-refractivity contribution is 6.32. The topological polar surface area (TPSA) is 54.7 Å². The van der Waals surface area contributed by atoms with Crippen LogP contribution < -0.4 is 10.1 Å². The predicted molar refractivity (Wildman–Crippen MR) is 105 cm³/mol. The van der Waals surface area contributed by atoms with Crippen molar-refractivity contribution >= 4 is 29.9 Å². The number of aryl methyl sites for hydroxylation is 1. The van der Waals surface area contributed by atoms with Crippen LogP contribution in [0.15, 0.2) is 34.7 Å². The molecule has 7 heteroatoms. The van der Waals surface area contributed by atoms with E-state index in [1.807, 2.05) is 19.1 Å². The first-order valence-corrected chi connectivity index (χ1v) is 8.88. The Morgan fingerprint density at radius 2 is 2.04 bits per heavy atom. The lowest BCUT2D eigenvalue weighted by Crippen LogP contribution is -2.36. The van der Waals surface area contributed by atoms with Crippen molar-refractivity contribution in [2.45, 2.75) is 25.8 Å². The molecule has 1 fully saturated rings. The standard InChI is InChI=1S/C19H23ClN2O3.ClH/c1-13-5-7-18(25-13)16(22-9-3-4-10-22)12-21-19(23)14-6-8-17(24-2)15(20)11-14;/h5-8,11,16H,3-4,9-10,12H2,1-2H3,(H,21,23);1H. The summed E-state index contributed by atoms with van der Waals surface area (Å²) in [6, 6.07) is 9.04. The smallest absolute Gasteiger partial charge is 0.251 e. The van der Waals surface area contributed by atoms with Crippen LogP contribution in [-0.2, 0) is 0 Å². The Morgan fingerprint density at radius 3 is 2.62 bits per heavy atom. The molecular weight excluding hydrogens is 375 g/mol. The molecule has 1 atom stereocenters. The molecule has 0 spiro atoms. The number of benzene rings is 1. The third-order valence-corrected chi connectivity index (χ3v) is 4.84. The molecule has 0 aliphatic carbocycles. The van der Waals surface area contributed by atoms with Gasteiger partial charge in [0.1, 0.15) is 17.3 Å². The van der Waals surface area contributed by atoms with E-state index in [-0.39, 0.29) is 24.4 Å². The largest absolute Gasteiger partial charge is 0.495 e. The predicted octanol–water partition coefficient (Wildman–Crippen LogP) is 4.24. The van der Waals surface area contributed by atoms with Crippen LogP contribution in [0.2, 0.25) is 5.02 Å². The van der Waals surface area contributed by atoms with Gasteiger partial charge in [0.05, 0.1) is 18.2 Å². The lowest BCUT2D eigenvalue weighted by Gasteiger charge is -2.26. The quantitative estimate of drug-likeness (QED) is 0.790. The molecule has 0 radical (unpaired) electrons. The zero-order chi connectivity index (χ0) is 17.8. The van der Waals surface area contributed by atoms with E-state index in [9.17, 15) is 4.79 Å². The molecule has 2 heterocycles. The molecule has 1 aromatic carbocycles. The number of hydrogen-bond acceptors (Lipinski definition) is 4. The van der Waals surface area contributed by atoms with Gasteiger partial charge in [-0.05, 0) is 63.2 Å². The summed E-state index contributed by atoms with van der Waals surface area (Å²) in [5.41, 5.74) is 0.515. The van der Waals surface area contributed by atoms with Gasteiger partial charge in [0, 0.05) is 12.1 Å². The number of amides is 1. The highest BCUT2D eigenvalue weighted by Crippen LogP contribution is 2.27. The second-order valence-corrected chi connectivity index (χ2v) is 6.67. The van der Waals surface area contributed by atoms with Crippen LogP contribution in [0.5, 0.6) is 5.75 Å². The number of halogens is 2. The maximum absolute atomic E-state index is 12.5. The van der Waals surface area contributed by atoms with Crippen molar-refractivity contribution < 1.29 is 13.9 Å². The SMILES string of the molecule is COc1ccc(C(=O)NCC(c2ccc(C)o2)N2CCCC2)cc1Cl.Cl. The van der Waals surface area contributed by atoms with Gasteiger partial charge in [-0.25, -0.2) is 0 Å². The van der Waals surface area contributed by atoms with Gasteiger partial charge in [-0.3, -0.25) is 9.69 Å². The number of likely N-dealkylation sites (tertiary alicyclic amines) is 1. The molecule has 1 saturated heterocycles. The summed E-state index contributed by atoms with van der Waals surface area (Å²) in [6.07, 6.45) is 2.36. The van der Waals surface area contributed by atoms with Gasteiger partial charge >= 0.3 is 0 Å². The van der Waals surface area contributed by atoms with Gasteiger partial charge in [0.25, 0.3) is 5.91 Å². The first-order chi connectivity index (χ1) is 12.1. The molecule has 5 nitrogen and oxygen atoms in total. The molecule has 1 aliphatic rings. The Balaban J connectivity index is 0.00000243. The summed E-state index contributed by atoms with van der Waals surface area (Å²) in [5.74, 6) is 2.18. The molecule has 142 valence electrons. The molecular formula is C19H24Cl2N2O3. The second-order valence-electron chi connectivity index (χ2n) is 6.27. The first-order valence-electron chi connectivity index (χ1n) is 8.50. The van der Waals surface area contributed by atoms with Crippen molar-refractivity contribution in [3.63, 3.8) is 0 Å². The average molecular weight is 399 g/mol. The lowest BCUT2D eigenvalue weighted by atomic mass is 10.1. The van der Waals surface area contributed by atoms with E-state index >= 15 is 0 Å². The van der Waals surface area contributed by atoms with E-state index < -0.39 is 0 Å². The summed E-state index contributed by atoms with van der Waals surface area (Å²) in [6.45, 7) is 4.47. The van der Waals surface area contributed by atoms with Crippen LogP contribution in [0.1, 0.15) is 40.8 Å². The highest BCUT2D eigenvalue weighted by atomic mass is 35.5. The zero-order valence-electron chi connectivity index (χ0n) is 15.0. The lowest BCUT2D eigenvalue weighted by molar-refractivity contribution is 0.0933. The number of rotatable bonds is 6. The van der Waals surface area contributed by atoms with E-state index in [4.69, 9.17) is 20.8 Å². The van der Waals surface area contributed by atoms with Crippen molar-refractivity contribution in [1.29, 1.82) is 0 Å². The third-order valence-electron chi connectivity index (χ3n) is 4.54. The number of nitrogens with zero attached hydrogens (tertiary/aromatic N) is 1. The molecule has 1 aromatic heterocycles. The minimum atomic E-state index is -0.156. The van der Waals surface area contributed by atoms with Gasteiger partial charge in [0.15, 0.2) is 0 Å². The van der Waals surface area contributed by atoms with E-state index in [1.54, 1.807) is 25.3 Å². The van der Waals surface area contributed by atoms with Crippen molar-refractivity contribution in [2.24, 2.45) is 0 Å². The van der Waals surface area contributed by atoms with Crippen LogP contribution in [0.4, 0.5) is 0 Å². The van der Waals surface area contributed by atoms with Crippen LogP contribution in [0.25, 0.3) is 0 Å². The number of hydrogen-bond donors (Lipinski definition) is 1. The van der Waals surface area contributed by atoms with Crippen molar-refractivity contribution in [3.05, 3.63) is 52.4 Å². The highest BCUT2D eigenvalue weighted by Gasteiger charge is 2.26. The van der Waals surface area contributed by atoms with Crippen LogP contribution in [0, 0.1) is 6.92 Å². The Morgan fingerprint density at radius 1 is 1.31 bits per heavy atom. The van der Waals surface area contributed by atoms with Crippen LogP contribution >= 0.6 is 24.0 Å². The average Bonchev–Trinajstić information content (AvgIpc) is 3.27. The van der Waals surface area contributed by atoms with E-state index in [1.165, 1.54) is 12.8 Å². The van der Waals surface area contributed by atoms with E-state index in [0.29, 0.717) is 22.9 Å². The normalized spacial score (nSPS) is 15.3. The van der Waals surface area contributed by atoms with Crippen molar-refractivity contribution in [2.75, 3.05) is 26.7 Å². The molecule has 1 aliphatic heterocycles. The first kappa shape index (κ1) is 20.6. The van der Waals surface area contributed by atoms with Gasteiger partial charge in [0.2, 0.25) is 0 Å². The maximum Gasteiger partial charge on any atom is 0.251 e. The number of ether oxygens (including phenoxy) is 1. The summed E-state index contributed by atoms with van der Waals surface area (Å²) < 4.78 is 10.9. The molecule has 2 aromatic rings. The Kier molecular flexibility index (Phi) is 7.38. The molecule has 0 saturated carbocycles. The monoisotopic (exact) mass is 398 g/mol. The Bertz CT molecular complexity index is 742. The molecule has 1 N–H and O–H groups in total. The number of furan rings is 1. The van der Waals surface area contributed by atoms with Gasteiger partial charge in [-0.2, -0.15) is 0 Å². The summed E-state index contributed by atoms with van der Waals surface area (Å²) >= 11 is 6.11. The van der Waals surface area contributed by atoms with Crippen molar-refractivity contribution in [1.82, 2.24) is 10.2 Å². The number of carbonyl (C=O) groups excluding carboxylic acids is 1. The summed E-state index contributed by atoms with van der Waals surface area (Å²) in [4.78, 5) is 14.9. The minimum absolute atomic E-state index is 0. The molecule has 3 rings (SSSR count). The second kappa shape index (κ2) is 9.31. The fraction of sp³-hybridized carbons (Fsp3) is 0.421. The summed E-state index contributed by atoms with van der Waals surface area (Å²) in [7, 11) is 1.55. The Labute approximate surface area is 165 Å². The van der Waals surface area contributed by atoms with Gasteiger partial charge in [-0.1, -0.05) is 11.6 Å². The molecule has 26 heavy (non-hydrogen) atoms. The fourth-order valence-electron chi connectivity index (χ4n) is 3.19. The summed E-state index contributed by atoms with van der Waals surface area (Å²) in [5, 5.41) is 3.43. The maximum atomic E-state index is 12.5.